The van der Waals surface area contributed by atoms with Gasteiger partial charge in [0, 0.05) is 12.5 Å². The molecule has 0 radical (unpaired) electrons. The van der Waals surface area contributed by atoms with Crippen molar-refractivity contribution in [2.75, 3.05) is 0 Å². The second-order valence-corrected chi connectivity index (χ2v) is 12.0. The van der Waals surface area contributed by atoms with Crippen molar-refractivity contribution < 1.29 is 14.3 Å². The Hall–Kier alpha value is -1.51. The Kier molecular flexibility index (Phi) is 11.0. The number of hydrogen-bond donors (Lipinski definition) is 0. The molecule has 0 N–H and O–H groups in total. The van der Waals surface area contributed by atoms with Gasteiger partial charge in [0.2, 0.25) is 0 Å². The van der Waals surface area contributed by atoms with Crippen LogP contribution in [0.3, 0.4) is 0 Å². The van der Waals surface area contributed by atoms with Gasteiger partial charge in [-0.25, -0.2) is 0 Å². The van der Waals surface area contributed by atoms with Crippen LogP contribution in [0.2, 0.25) is 0 Å². The van der Waals surface area contributed by atoms with E-state index in [4.69, 9.17) is 9.47 Å². The largest absolute Gasteiger partial charge is 0.487 e. The molecule has 0 bridgehead atoms. The van der Waals surface area contributed by atoms with Crippen molar-refractivity contribution in [3.8, 4) is 11.5 Å². The van der Waals surface area contributed by atoms with Crippen LogP contribution in [-0.4, -0.2) is 11.6 Å². The van der Waals surface area contributed by atoms with E-state index in [1.54, 1.807) is 0 Å². The summed E-state index contributed by atoms with van der Waals surface area (Å²) in [6, 6.07) is 0. The van der Waals surface area contributed by atoms with Crippen molar-refractivity contribution in [3.05, 3.63) is 22.3 Å². The molecule has 3 atom stereocenters. The lowest BCUT2D eigenvalue weighted by atomic mass is 9.83. The molecule has 1 aliphatic heterocycles. The topological polar surface area (TPSA) is 35.5 Å². The van der Waals surface area contributed by atoms with Crippen molar-refractivity contribution in [1.82, 2.24) is 0 Å². The van der Waals surface area contributed by atoms with Crippen LogP contribution in [0.15, 0.2) is 0 Å². The van der Waals surface area contributed by atoms with Gasteiger partial charge in [0.05, 0.1) is 0 Å². The maximum absolute atomic E-state index is 11.6. The van der Waals surface area contributed by atoms with E-state index >= 15 is 0 Å². The molecule has 194 valence electrons. The van der Waals surface area contributed by atoms with E-state index < -0.39 is 0 Å². The molecule has 0 amide bonds. The highest BCUT2D eigenvalue weighted by Gasteiger charge is 2.34. The molecule has 0 saturated carbocycles. The lowest BCUT2D eigenvalue weighted by molar-refractivity contribution is -0.132. The summed E-state index contributed by atoms with van der Waals surface area (Å²) in [7, 11) is 0. The zero-order valence-electron chi connectivity index (χ0n) is 23.7. The van der Waals surface area contributed by atoms with E-state index in [9.17, 15) is 4.79 Å². The van der Waals surface area contributed by atoms with Gasteiger partial charge in [-0.1, -0.05) is 72.6 Å². The summed E-state index contributed by atoms with van der Waals surface area (Å²) >= 11 is 0. The fourth-order valence-electron chi connectivity index (χ4n) is 5.56. The number of ether oxygens (including phenoxy) is 2. The summed E-state index contributed by atoms with van der Waals surface area (Å²) in [6.07, 6.45) is 13.9. The SMILES string of the molecule is CC(=O)Oc1c(C)c(C)c2c(c1C)CC[C@@](C)(CCCC(C)CCC[C@H](C)CCCC(C)C)O2. The summed E-state index contributed by atoms with van der Waals surface area (Å²) < 4.78 is 12.2. The maximum atomic E-state index is 11.6. The van der Waals surface area contributed by atoms with Crippen molar-refractivity contribution in [1.29, 1.82) is 0 Å². The first-order valence-corrected chi connectivity index (χ1v) is 13.9. The molecule has 1 unspecified atom stereocenters. The molecule has 0 aromatic heterocycles. The molecule has 3 nitrogen and oxygen atoms in total. The number of rotatable bonds is 13. The quantitative estimate of drug-likeness (QED) is 0.212. The molecule has 3 heteroatoms. The zero-order valence-corrected chi connectivity index (χ0v) is 23.7. The van der Waals surface area contributed by atoms with Crippen LogP contribution in [-0.2, 0) is 11.2 Å². The molecule has 1 aromatic carbocycles. The van der Waals surface area contributed by atoms with Crippen LogP contribution < -0.4 is 9.47 Å². The third kappa shape index (κ3) is 8.31. The van der Waals surface area contributed by atoms with Crippen molar-refractivity contribution in [3.63, 3.8) is 0 Å². The van der Waals surface area contributed by atoms with E-state index in [0.717, 1.165) is 65.2 Å². The number of hydrogen-bond acceptors (Lipinski definition) is 3. The fraction of sp³-hybridized carbons (Fsp3) is 0.774. The predicted octanol–water partition coefficient (Wildman–Crippen LogP) is 9.06. The van der Waals surface area contributed by atoms with Gasteiger partial charge in [0.1, 0.15) is 17.1 Å². The maximum Gasteiger partial charge on any atom is 0.308 e. The second kappa shape index (κ2) is 13.0. The zero-order chi connectivity index (χ0) is 25.5. The summed E-state index contributed by atoms with van der Waals surface area (Å²) in [5.74, 6) is 3.99. The van der Waals surface area contributed by atoms with Gasteiger partial charge >= 0.3 is 5.97 Å². The Labute approximate surface area is 210 Å². The third-order valence-corrected chi connectivity index (χ3v) is 8.08. The molecule has 1 aliphatic rings. The van der Waals surface area contributed by atoms with Crippen molar-refractivity contribution in [2.24, 2.45) is 17.8 Å². The molecule has 0 spiro atoms. The number of carbonyl (C=O) groups excluding carboxylic acids is 1. The molecule has 1 heterocycles. The predicted molar refractivity (Wildman–Crippen MR) is 144 cm³/mol. The highest BCUT2D eigenvalue weighted by Crippen LogP contribution is 2.45. The standard InChI is InChI=1S/C31H52O3/c1-21(2)13-10-14-22(3)15-11-16-23(4)17-12-19-31(9)20-18-28-26(7)29(33-27(8)32)24(5)25(6)30(28)34-31/h21-23H,10-20H2,1-9H3/t22-,23?,31-/m1/s1. The first-order valence-electron chi connectivity index (χ1n) is 13.9. The summed E-state index contributed by atoms with van der Waals surface area (Å²) in [5.41, 5.74) is 4.29. The number of esters is 1. The molecule has 2 rings (SSSR count). The molecule has 34 heavy (non-hydrogen) atoms. The van der Waals surface area contributed by atoms with E-state index in [0.29, 0.717) is 0 Å². The first-order chi connectivity index (χ1) is 15.9. The van der Waals surface area contributed by atoms with Crippen LogP contribution >= 0.6 is 0 Å². The van der Waals surface area contributed by atoms with Crippen LogP contribution in [0.25, 0.3) is 0 Å². The number of benzene rings is 1. The molecule has 0 fully saturated rings. The average molecular weight is 473 g/mol. The smallest absolute Gasteiger partial charge is 0.308 e. The number of fused-ring (bicyclic) bond motifs is 1. The fourth-order valence-corrected chi connectivity index (χ4v) is 5.56. The van der Waals surface area contributed by atoms with E-state index in [-0.39, 0.29) is 11.6 Å². The monoisotopic (exact) mass is 472 g/mol. The second-order valence-electron chi connectivity index (χ2n) is 12.0. The normalized spacial score (nSPS) is 19.5. The van der Waals surface area contributed by atoms with Crippen LogP contribution in [0, 0.1) is 38.5 Å². The Morgan fingerprint density at radius 3 is 2.00 bits per heavy atom. The third-order valence-electron chi connectivity index (χ3n) is 8.08. The lowest BCUT2D eigenvalue weighted by Crippen LogP contribution is -2.37. The molecule has 0 aliphatic carbocycles. The average Bonchev–Trinajstić information content (AvgIpc) is 2.74. The lowest BCUT2D eigenvalue weighted by Gasteiger charge is -2.38. The van der Waals surface area contributed by atoms with Crippen molar-refractivity contribution >= 4 is 5.97 Å². The van der Waals surface area contributed by atoms with Gasteiger partial charge in [-0.15, -0.1) is 0 Å². The van der Waals surface area contributed by atoms with Crippen LogP contribution in [0.4, 0.5) is 0 Å². The van der Waals surface area contributed by atoms with E-state index in [1.165, 1.54) is 63.9 Å². The Bertz CT molecular complexity index is 810. The Morgan fingerprint density at radius 2 is 1.44 bits per heavy atom. The molecular formula is C31H52O3. The summed E-state index contributed by atoms with van der Waals surface area (Å²) in [5, 5.41) is 0. The van der Waals surface area contributed by atoms with Crippen LogP contribution in [0.5, 0.6) is 11.5 Å². The minimum absolute atomic E-state index is 0.107. The van der Waals surface area contributed by atoms with Crippen molar-refractivity contribution in [2.45, 2.75) is 139 Å². The van der Waals surface area contributed by atoms with Gasteiger partial charge in [0.15, 0.2) is 0 Å². The first kappa shape index (κ1) is 28.7. The summed E-state index contributed by atoms with van der Waals surface area (Å²) in [4.78, 5) is 11.6. The highest BCUT2D eigenvalue weighted by atomic mass is 16.5. The Morgan fingerprint density at radius 1 is 0.882 bits per heavy atom. The number of carbonyl (C=O) groups is 1. The van der Waals surface area contributed by atoms with Gasteiger partial charge in [0.25, 0.3) is 0 Å². The van der Waals surface area contributed by atoms with E-state index in [1.807, 2.05) is 6.92 Å². The van der Waals surface area contributed by atoms with E-state index in [2.05, 4.69) is 48.5 Å². The molecular weight excluding hydrogens is 420 g/mol. The van der Waals surface area contributed by atoms with Gasteiger partial charge in [-0.3, -0.25) is 4.79 Å². The molecule has 0 saturated heterocycles. The summed E-state index contributed by atoms with van der Waals surface area (Å²) in [6.45, 7) is 19.5. The minimum atomic E-state index is -0.262. The van der Waals surface area contributed by atoms with Gasteiger partial charge < -0.3 is 9.47 Å². The van der Waals surface area contributed by atoms with Gasteiger partial charge in [-0.05, 0) is 87.8 Å². The minimum Gasteiger partial charge on any atom is -0.487 e. The molecule has 1 aromatic rings. The Balaban J connectivity index is 1.82. The van der Waals surface area contributed by atoms with Gasteiger partial charge in [-0.2, -0.15) is 0 Å². The van der Waals surface area contributed by atoms with Crippen LogP contribution in [0.1, 0.15) is 128 Å². The highest BCUT2D eigenvalue weighted by molar-refractivity contribution is 5.72.